The summed E-state index contributed by atoms with van der Waals surface area (Å²) in [5.41, 5.74) is 4.67. The number of carbonyl (C=O) groups excluding carboxylic acids is 1. The number of nitrogens with zero attached hydrogens (tertiary/aromatic N) is 2. The first-order valence-electron chi connectivity index (χ1n) is 7.19. The predicted octanol–water partition coefficient (Wildman–Crippen LogP) is 3.47. The monoisotopic (exact) mass is 373 g/mol. The number of imidazole rings is 1. The van der Waals surface area contributed by atoms with Crippen molar-refractivity contribution in [1.82, 2.24) is 9.38 Å². The first-order chi connectivity index (χ1) is 10.7. The molecule has 1 aliphatic rings. The van der Waals surface area contributed by atoms with Crippen LogP contribution in [-0.2, 0) is 11.2 Å². The zero-order chi connectivity index (χ0) is 15.1. The van der Waals surface area contributed by atoms with Gasteiger partial charge in [-0.25, -0.2) is 4.98 Å². The van der Waals surface area contributed by atoms with E-state index in [9.17, 15) is 4.79 Å². The standard InChI is InChI=1S/C17H15N3O2.BrH/c1-22-14-9-12(8-11-5-6-16(21)19-17(11)14)13-10-20-7-3-2-4-15(20)18-13;/h2-4,7-10H,5-6H2,1H3,(H,19,21);1H. The number of aromatic nitrogens is 2. The molecule has 1 N–H and O–H groups in total. The van der Waals surface area contributed by atoms with E-state index >= 15 is 0 Å². The maximum atomic E-state index is 11.6. The fraction of sp³-hybridized carbons (Fsp3) is 0.176. The van der Waals surface area contributed by atoms with Crippen LogP contribution in [0.5, 0.6) is 5.75 Å². The fourth-order valence-corrected chi connectivity index (χ4v) is 2.84. The maximum Gasteiger partial charge on any atom is 0.224 e. The molecule has 0 atom stereocenters. The van der Waals surface area contributed by atoms with Crippen molar-refractivity contribution in [1.29, 1.82) is 0 Å². The molecule has 3 heterocycles. The Kier molecular flexibility index (Phi) is 4.09. The number of carbonyl (C=O) groups is 1. The molecule has 3 aromatic rings. The molecule has 23 heavy (non-hydrogen) atoms. The fourth-order valence-electron chi connectivity index (χ4n) is 2.84. The van der Waals surface area contributed by atoms with Gasteiger partial charge < -0.3 is 14.5 Å². The third kappa shape index (κ3) is 2.70. The average molecular weight is 374 g/mol. The van der Waals surface area contributed by atoms with Gasteiger partial charge in [0.2, 0.25) is 5.91 Å². The molecule has 0 saturated heterocycles. The second-order valence-electron chi connectivity index (χ2n) is 5.35. The van der Waals surface area contributed by atoms with Gasteiger partial charge in [-0.1, -0.05) is 6.07 Å². The molecule has 1 aliphatic heterocycles. The Morgan fingerprint density at radius 3 is 2.91 bits per heavy atom. The van der Waals surface area contributed by atoms with Crippen LogP contribution in [0.2, 0.25) is 0 Å². The molecule has 0 spiro atoms. The van der Waals surface area contributed by atoms with Crippen molar-refractivity contribution in [3.05, 3.63) is 48.3 Å². The summed E-state index contributed by atoms with van der Waals surface area (Å²) >= 11 is 0. The molecule has 118 valence electrons. The molecule has 1 aromatic carbocycles. The van der Waals surface area contributed by atoms with Crippen LogP contribution in [0.25, 0.3) is 16.9 Å². The highest BCUT2D eigenvalue weighted by Crippen LogP contribution is 2.37. The summed E-state index contributed by atoms with van der Waals surface area (Å²) < 4.78 is 7.44. The van der Waals surface area contributed by atoms with Gasteiger partial charge in [-0.2, -0.15) is 0 Å². The smallest absolute Gasteiger partial charge is 0.224 e. The molecule has 0 aliphatic carbocycles. The van der Waals surface area contributed by atoms with Gasteiger partial charge in [-0.3, -0.25) is 4.79 Å². The van der Waals surface area contributed by atoms with Gasteiger partial charge in [0.05, 0.1) is 18.5 Å². The van der Waals surface area contributed by atoms with Crippen molar-refractivity contribution in [2.45, 2.75) is 12.8 Å². The Morgan fingerprint density at radius 2 is 2.13 bits per heavy atom. The largest absolute Gasteiger partial charge is 0.495 e. The molecule has 1 amide bonds. The zero-order valence-corrected chi connectivity index (χ0v) is 14.3. The first kappa shape index (κ1) is 15.6. The molecule has 4 rings (SSSR count). The zero-order valence-electron chi connectivity index (χ0n) is 12.6. The Morgan fingerprint density at radius 1 is 1.26 bits per heavy atom. The van der Waals surface area contributed by atoms with Crippen LogP contribution < -0.4 is 10.1 Å². The Balaban J connectivity index is 0.00000156. The van der Waals surface area contributed by atoms with Crippen LogP contribution in [-0.4, -0.2) is 22.4 Å². The molecular weight excluding hydrogens is 358 g/mol. The summed E-state index contributed by atoms with van der Waals surface area (Å²) in [6, 6.07) is 9.92. The third-order valence-corrected chi connectivity index (χ3v) is 3.95. The van der Waals surface area contributed by atoms with Crippen molar-refractivity contribution in [2.24, 2.45) is 0 Å². The topological polar surface area (TPSA) is 55.6 Å². The molecule has 5 nitrogen and oxygen atoms in total. The minimum atomic E-state index is 0. The molecule has 2 aromatic heterocycles. The summed E-state index contributed by atoms with van der Waals surface area (Å²) in [7, 11) is 1.61. The SMILES string of the molecule is Br.COc1cc(-c2cn3ccccc3n2)cc2c1NC(=O)CC2. The summed E-state index contributed by atoms with van der Waals surface area (Å²) in [6.45, 7) is 0. The van der Waals surface area contributed by atoms with Crippen molar-refractivity contribution in [3.63, 3.8) is 0 Å². The minimum Gasteiger partial charge on any atom is -0.495 e. The molecule has 0 bridgehead atoms. The number of hydrogen-bond donors (Lipinski definition) is 1. The van der Waals surface area contributed by atoms with Crippen LogP contribution >= 0.6 is 17.0 Å². The number of hydrogen-bond acceptors (Lipinski definition) is 3. The number of anilines is 1. The van der Waals surface area contributed by atoms with Gasteiger partial charge in [0, 0.05) is 24.4 Å². The minimum absolute atomic E-state index is 0. The van der Waals surface area contributed by atoms with Crippen molar-refractivity contribution in [3.8, 4) is 17.0 Å². The lowest BCUT2D eigenvalue weighted by atomic mass is 9.98. The van der Waals surface area contributed by atoms with E-state index < -0.39 is 0 Å². The van der Waals surface area contributed by atoms with E-state index in [1.807, 2.05) is 41.1 Å². The van der Waals surface area contributed by atoms with Crippen LogP contribution in [0.15, 0.2) is 42.7 Å². The lowest BCUT2D eigenvalue weighted by molar-refractivity contribution is -0.116. The van der Waals surface area contributed by atoms with Gasteiger partial charge in [0.15, 0.2) is 0 Å². The Bertz CT molecular complexity index is 838. The number of rotatable bonds is 2. The van der Waals surface area contributed by atoms with E-state index in [1.165, 1.54) is 0 Å². The first-order valence-corrected chi connectivity index (χ1v) is 7.19. The summed E-state index contributed by atoms with van der Waals surface area (Å²) in [6.07, 6.45) is 5.20. The van der Waals surface area contributed by atoms with E-state index in [4.69, 9.17) is 4.74 Å². The van der Waals surface area contributed by atoms with Gasteiger partial charge in [0.1, 0.15) is 11.4 Å². The number of pyridine rings is 1. The lowest BCUT2D eigenvalue weighted by Crippen LogP contribution is -2.19. The second kappa shape index (κ2) is 6.04. The number of fused-ring (bicyclic) bond motifs is 2. The Labute approximate surface area is 144 Å². The van der Waals surface area contributed by atoms with Crippen molar-refractivity contribution in [2.75, 3.05) is 12.4 Å². The van der Waals surface area contributed by atoms with E-state index in [-0.39, 0.29) is 22.9 Å². The highest BCUT2D eigenvalue weighted by atomic mass is 79.9. The van der Waals surface area contributed by atoms with Gasteiger partial charge in [0.25, 0.3) is 0 Å². The van der Waals surface area contributed by atoms with Crippen LogP contribution in [0.3, 0.4) is 0 Å². The van der Waals surface area contributed by atoms with E-state index in [1.54, 1.807) is 7.11 Å². The summed E-state index contributed by atoms with van der Waals surface area (Å²) in [5.74, 6) is 0.712. The van der Waals surface area contributed by atoms with Gasteiger partial charge in [-0.15, -0.1) is 17.0 Å². The third-order valence-electron chi connectivity index (χ3n) is 3.95. The van der Waals surface area contributed by atoms with E-state index in [0.29, 0.717) is 12.2 Å². The molecule has 6 heteroatoms. The number of aryl methyl sites for hydroxylation is 1. The quantitative estimate of drug-likeness (QED) is 0.747. The number of amides is 1. The summed E-state index contributed by atoms with van der Waals surface area (Å²) in [5, 5.41) is 2.90. The number of ether oxygens (including phenoxy) is 1. The molecule has 0 saturated carbocycles. The predicted molar refractivity (Wildman–Crippen MR) is 94.5 cm³/mol. The number of benzene rings is 1. The second-order valence-corrected chi connectivity index (χ2v) is 5.35. The lowest BCUT2D eigenvalue weighted by Gasteiger charge is -2.20. The van der Waals surface area contributed by atoms with E-state index in [0.717, 1.165) is 34.6 Å². The molecule has 0 fully saturated rings. The van der Waals surface area contributed by atoms with Crippen LogP contribution in [0.1, 0.15) is 12.0 Å². The van der Waals surface area contributed by atoms with Crippen LogP contribution in [0, 0.1) is 0 Å². The number of nitrogens with one attached hydrogen (secondary N) is 1. The van der Waals surface area contributed by atoms with Crippen molar-refractivity contribution >= 4 is 34.2 Å². The average Bonchev–Trinajstić information content (AvgIpc) is 2.98. The maximum absolute atomic E-state index is 11.6. The number of halogens is 1. The summed E-state index contributed by atoms with van der Waals surface area (Å²) in [4.78, 5) is 16.2. The van der Waals surface area contributed by atoms with Crippen molar-refractivity contribution < 1.29 is 9.53 Å². The molecule has 0 unspecified atom stereocenters. The van der Waals surface area contributed by atoms with Gasteiger partial charge in [-0.05, 0) is 36.2 Å². The highest BCUT2D eigenvalue weighted by molar-refractivity contribution is 8.93. The highest BCUT2D eigenvalue weighted by Gasteiger charge is 2.20. The van der Waals surface area contributed by atoms with Gasteiger partial charge >= 0.3 is 0 Å². The Hall–Kier alpha value is -2.34. The molecule has 0 radical (unpaired) electrons. The number of methoxy groups -OCH3 is 1. The van der Waals surface area contributed by atoms with Crippen LogP contribution in [0.4, 0.5) is 5.69 Å². The normalized spacial score (nSPS) is 13.2. The molecular formula is C17H16BrN3O2. The van der Waals surface area contributed by atoms with E-state index in [2.05, 4.69) is 16.4 Å².